The van der Waals surface area contributed by atoms with Crippen LogP contribution in [0.3, 0.4) is 0 Å². The van der Waals surface area contributed by atoms with Crippen molar-refractivity contribution in [2.24, 2.45) is 0 Å². The Bertz CT molecular complexity index is 819. The van der Waals surface area contributed by atoms with E-state index < -0.39 is 0 Å². The minimum atomic E-state index is -0.0575. The second-order valence-electron chi connectivity index (χ2n) is 7.11. The van der Waals surface area contributed by atoms with E-state index in [2.05, 4.69) is 31.6 Å². The lowest BCUT2D eigenvalue weighted by Crippen LogP contribution is -2.32. The lowest BCUT2D eigenvalue weighted by Gasteiger charge is -2.26. The number of piperidine rings is 1. The summed E-state index contributed by atoms with van der Waals surface area (Å²) >= 11 is 7.53. The molecule has 0 bridgehead atoms. The van der Waals surface area contributed by atoms with Crippen molar-refractivity contribution in [2.75, 3.05) is 25.4 Å². The molecular weight excluding hydrogens is 406 g/mol. The maximum atomic E-state index is 12.2. The first-order valence-electron chi connectivity index (χ1n) is 10.1. The van der Waals surface area contributed by atoms with Gasteiger partial charge in [-0.15, -0.1) is 16.8 Å². The fraction of sp³-hybridized carbons (Fsp3) is 0.476. The highest BCUT2D eigenvalue weighted by Gasteiger charge is 2.16. The first kappa shape index (κ1) is 21.9. The number of halogens is 1. The molecule has 1 fully saturated rings. The number of benzene rings is 1. The van der Waals surface area contributed by atoms with Gasteiger partial charge in [0.15, 0.2) is 5.16 Å². The van der Waals surface area contributed by atoms with Crippen molar-refractivity contribution in [2.45, 2.75) is 43.9 Å². The fourth-order valence-corrected chi connectivity index (χ4v) is 4.38. The number of likely N-dealkylation sites (tertiary alicyclic amines) is 1. The van der Waals surface area contributed by atoms with Crippen molar-refractivity contribution >= 4 is 29.3 Å². The van der Waals surface area contributed by atoms with Gasteiger partial charge < -0.3 is 14.8 Å². The van der Waals surface area contributed by atoms with Gasteiger partial charge in [0.1, 0.15) is 5.82 Å². The number of rotatable bonds is 10. The predicted octanol–water partition coefficient (Wildman–Crippen LogP) is 3.55. The number of carbonyl (C=O) groups is 1. The Hall–Kier alpha value is -1.83. The van der Waals surface area contributed by atoms with Crippen LogP contribution in [0.2, 0.25) is 5.02 Å². The van der Waals surface area contributed by atoms with Crippen LogP contribution in [-0.2, 0) is 24.3 Å². The fourth-order valence-electron chi connectivity index (χ4n) is 3.38. The van der Waals surface area contributed by atoms with Gasteiger partial charge in [0.2, 0.25) is 5.91 Å². The van der Waals surface area contributed by atoms with Gasteiger partial charge in [0.05, 0.1) is 5.75 Å². The number of aromatic nitrogens is 3. The van der Waals surface area contributed by atoms with E-state index in [1.54, 1.807) is 0 Å². The zero-order valence-electron chi connectivity index (χ0n) is 16.6. The largest absolute Gasteiger partial charge is 0.351 e. The quantitative estimate of drug-likeness (QED) is 0.458. The molecule has 156 valence electrons. The Morgan fingerprint density at radius 1 is 1.24 bits per heavy atom. The topological polar surface area (TPSA) is 63.1 Å². The zero-order valence-corrected chi connectivity index (χ0v) is 18.2. The summed E-state index contributed by atoms with van der Waals surface area (Å²) in [6.07, 6.45) is 6.60. The van der Waals surface area contributed by atoms with Crippen LogP contribution in [-0.4, -0.2) is 51.0 Å². The van der Waals surface area contributed by atoms with Gasteiger partial charge in [-0.1, -0.05) is 54.1 Å². The normalized spacial score (nSPS) is 14.7. The number of carbonyl (C=O) groups excluding carboxylic acids is 1. The Balaban J connectivity index is 1.51. The molecule has 3 rings (SSSR count). The van der Waals surface area contributed by atoms with E-state index in [0.717, 1.165) is 29.5 Å². The second-order valence-corrected chi connectivity index (χ2v) is 8.46. The van der Waals surface area contributed by atoms with Crippen molar-refractivity contribution in [1.29, 1.82) is 0 Å². The number of hydrogen-bond acceptors (Lipinski definition) is 5. The van der Waals surface area contributed by atoms with Gasteiger partial charge >= 0.3 is 0 Å². The molecule has 0 radical (unpaired) electrons. The lowest BCUT2D eigenvalue weighted by molar-refractivity contribution is -0.118. The molecule has 0 spiro atoms. The number of thioether (sulfide) groups is 1. The van der Waals surface area contributed by atoms with Crippen molar-refractivity contribution in [3.8, 4) is 0 Å². The highest BCUT2D eigenvalue weighted by molar-refractivity contribution is 7.99. The Morgan fingerprint density at radius 3 is 2.79 bits per heavy atom. The van der Waals surface area contributed by atoms with Crippen LogP contribution in [0.5, 0.6) is 0 Å². The molecule has 8 heteroatoms. The minimum Gasteiger partial charge on any atom is -0.351 e. The third kappa shape index (κ3) is 6.59. The van der Waals surface area contributed by atoms with E-state index in [1.165, 1.54) is 44.1 Å². The third-order valence-electron chi connectivity index (χ3n) is 4.97. The van der Waals surface area contributed by atoms with E-state index >= 15 is 0 Å². The first-order chi connectivity index (χ1) is 14.2. The van der Waals surface area contributed by atoms with Gasteiger partial charge in [-0.05, 0) is 37.6 Å². The zero-order chi connectivity index (χ0) is 20.5. The maximum Gasteiger partial charge on any atom is 0.230 e. The summed E-state index contributed by atoms with van der Waals surface area (Å²) in [5.41, 5.74) is 0.905. The molecule has 2 heterocycles. The molecule has 6 nitrogen and oxygen atoms in total. The molecule has 1 N–H and O–H groups in total. The van der Waals surface area contributed by atoms with Crippen LogP contribution in [0.1, 0.15) is 30.7 Å². The molecule has 29 heavy (non-hydrogen) atoms. The van der Waals surface area contributed by atoms with Gasteiger partial charge in [0.25, 0.3) is 0 Å². The molecular formula is C21H28ClN5OS. The maximum absolute atomic E-state index is 12.2. The van der Waals surface area contributed by atoms with E-state index in [-0.39, 0.29) is 11.7 Å². The Morgan fingerprint density at radius 2 is 2.03 bits per heavy atom. The van der Waals surface area contributed by atoms with Crippen LogP contribution in [0.15, 0.2) is 42.1 Å². The van der Waals surface area contributed by atoms with E-state index in [0.29, 0.717) is 18.1 Å². The summed E-state index contributed by atoms with van der Waals surface area (Å²) in [6, 6.07) is 7.51. The monoisotopic (exact) mass is 433 g/mol. The molecule has 1 aliphatic heterocycles. The molecule has 2 aromatic rings. The summed E-state index contributed by atoms with van der Waals surface area (Å²) in [7, 11) is 0. The van der Waals surface area contributed by atoms with Crippen molar-refractivity contribution in [3.63, 3.8) is 0 Å². The first-order valence-corrected chi connectivity index (χ1v) is 11.4. The predicted molar refractivity (Wildman–Crippen MR) is 118 cm³/mol. The van der Waals surface area contributed by atoms with E-state index in [1.807, 2.05) is 30.3 Å². The summed E-state index contributed by atoms with van der Waals surface area (Å²) in [5.74, 6) is 1.18. The molecule has 0 atom stereocenters. The third-order valence-corrected chi connectivity index (χ3v) is 6.31. The molecule has 1 amide bonds. The second kappa shape index (κ2) is 11.4. The van der Waals surface area contributed by atoms with Crippen LogP contribution in [0, 0.1) is 0 Å². The highest BCUT2D eigenvalue weighted by Crippen LogP contribution is 2.19. The standard InChI is InChI=1S/C21H28ClN5OS/c1-2-11-27-19(10-14-26-12-6-3-7-13-26)24-25-21(27)29-16-20(28)23-15-17-8-4-5-9-18(17)22/h2,4-5,8-9H,1,3,6-7,10-16H2,(H,23,28). The van der Waals surface area contributed by atoms with Crippen LogP contribution < -0.4 is 5.32 Å². The summed E-state index contributed by atoms with van der Waals surface area (Å²) in [5, 5.41) is 13.0. The Kier molecular flexibility index (Phi) is 8.58. The number of amides is 1. The molecule has 0 unspecified atom stereocenters. The molecule has 1 saturated heterocycles. The van der Waals surface area contributed by atoms with Gasteiger partial charge in [-0.2, -0.15) is 0 Å². The number of nitrogens with one attached hydrogen (secondary N) is 1. The summed E-state index contributed by atoms with van der Waals surface area (Å²) < 4.78 is 2.06. The molecule has 0 aliphatic carbocycles. The number of hydrogen-bond donors (Lipinski definition) is 1. The average Bonchev–Trinajstić information content (AvgIpc) is 3.13. The SMILES string of the molecule is C=CCn1c(CCN2CCCCC2)nnc1SCC(=O)NCc1ccccc1Cl. The Labute approximate surface area is 181 Å². The van der Waals surface area contributed by atoms with Crippen LogP contribution >= 0.6 is 23.4 Å². The minimum absolute atomic E-state index is 0.0575. The van der Waals surface area contributed by atoms with E-state index in [4.69, 9.17) is 11.6 Å². The van der Waals surface area contributed by atoms with Crippen LogP contribution in [0.4, 0.5) is 0 Å². The summed E-state index contributed by atoms with van der Waals surface area (Å²) in [4.78, 5) is 14.7. The van der Waals surface area contributed by atoms with Gasteiger partial charge in [0, 0.05) is 31.1 Å². The van der Waals surface area contributed by atoms with Crippen molar-refractivity contribution in [1.82, 2.24) is 25.0 Å². The van der Waals surface area contributed by atoms with Gasteiger partial charge in [-0.25, -0.2) is 0 Å². The number of allylic oxidation sites excluding steroid dienone is 1. The highest BCUT2D eigenvalue weighted by atomic mass is 35.5. The smallest absolute Gasteiger partial charge is 0.230 e. The average molecular weight is 434 g/mol. The van der Waals surface area contributed by atoms with Crippen LogP contribution in [0.25, 0.3) is 0 Å². The molecule has 1 aromatic heterocycles. The number of nitrogens with zero attached hydrogens (tertiary/aromatic N) is 4. The lowest BCUT2D eigenvalue weighted by atomic mass is 10.1. The van der Waals surface area contributed by atoms with Crippen molar-refractivity contribution < 1.29 is 4.79 Å². The molecule has 0 saturated carbocycles. The molecule has 1 aliphatic rings. The van der Waals surface area contributed by atoms with Crippen molar-refractivity contribution in [3.05, 3.63) is 53.3 Å². The van der Waals surface area contributed by atoms with E-state index in [9.17, 15) is 4.79 Å². The molecule has 1 aromatic carbocycles. The van der Waals surface area contributed by atoms with Gasteiger partial charge in [-0.3, -0.25) is 4.79 Å². The summed E-state index contributed by atoms with van der Waals surface area (Å²) in [6.45, 7) is 8.24.